The number of rotatable bonds is 6. The van der Waals surface area contributed by atoms with Crippen molar-refractivity contribution in [3.8, 4) is 11.5 Å². The highest BCUT2D eigenvalue weighted by atomic mass is 35.5. The van der Waals surface area contributed by atoms with Gasteiger partial charge in [0.25, 0.3) is 5.91 Å². The summed E-state index contributed by atoms with van der Waals surface area (Å²) < 4.78 is 17.7. The summed E-state index contributed by atoms with van der Waals surface area (Å²) in [4.78, 5) is 34.8. The fraction of sp³-hybridized carbons (Fsp3) is 0.167. The second-order valence-electron chi connectivity index (χ2n) is 9.21. The van der Waals surface area contributed by atoms with Crippen LogP contribution in [0.4, 0.5) is 5.13 Å². The third-order valence-corrected chi connectivity index (χ3v) is 8.10. The molecule has 3 heterocycles. The molecule has 1 atom stereocenters. The second kappa shape index (κ2) is 9.87. The van der Waals surface area contributed by atoms with Gasteiger partial charge in [0, 0.05) is 9.90 Å². The van der Waals surface area contributed by atoms with Gasteiger partial charge in [-0.3, -0.25) is 14.5 Å². The van der Waals surface area contributed by atoms with Crippen molar-refractivity contribution >= 4 is 44.9 Å². The van der Waals surface area contributed by atoms with Crippen LogP contribution in [0.5, 0.6) is 11.5 Å². The summed E-state index contributed by atoms with van der Waals surface area (Å²) in [6.45, 7) is 4.20. The normalized spacial score (nSPS) is 14.6. The average Bonchev–Trinajstić information content (AvgIpc) is 3.43. The lowest BCUT2D eigenvalue weighted by molar-refractivity contribution is 0.0971. The van der Waals surface area contributed by atoms with E-state index in [9.17, 15) is 9.59 Å². The molecular formula is C30H23ClN2O5S. The Morgan fingerprint density at radius 1 is 1.03 bits per heavy atom. The molecule has 0 radical (unpaired) electrons. The lowest BCUT2D eigenvalue weighted by atomic mass is 9.98. The van der Waals surface area contributed by atoms with Gasteiger partial charge in [-0.25, -0.2) is 4.98 Å². The van der Waals surface area contributed by atoms with Crippen LogP contribution in [0.15, 0.2) is 75.9 Å². The molecule has 0 spiro atoms. The molecular weight excluding hydrogens is 536 g/mol. The highest BCUT2D eigenvalue weighted by Crippen LogP contribution is 2.44. The van der Waals surface area contributed by atoms with Gasteiger partial charge in [-0.2, -0.15) is 0 Å². The SMILES string of the molecule is COc1cc(C2c3c(oc4ccc(Cl)cc4c3=O)C(=O)N2c2nc(C)c(C)s2)ccc1OCc1ccccc1. The summed E-state index contributed by atoms with van der Waals surface area (Å²) >= 11 is 7.59. The number of carbonyl (C=O) groups excluding carboxylic acids is 1. The van der Waals surface area contributed by atoms with Crippen LogP contribution < -0.4 is 19.8 Å². The number of ether oxygens (including phenoxy) is 2. The Kier molecular flexibility index (Phi) is 6.37. The molecule has 9 heteroatoms. The summed E-state index contributed by atoms with van der Waals surface area (Å²) in [5, 5.41) is 1.19. The molecule has 1 aliphatic heterocycles. The zero-order valence-electron chi connectivity index (χ0n) is 21.4. The standard InChI is InChI=1S/C30H23ClN2O5S/c1-16-17(2)39-30(32-16)33-26(25-27(34)21-14-20(31)10-12-22(21)38-28(25)29(33)35)19-9-11-23(24(13-19)36-3)37-15-18-7-5-4-6-8-18/h4-14,26H,15H2,1-3H3. The molecule has 7 nitrogen and oxygen atoms in total. The summed E-state index contributed by atoms with van der Waals surface area (Å²) in [7, 11) is 1.55. The summed E-state index contributed by atoms with van der Waals surface area (Å²) in [5.41, 5.74) is 2.71. The Balaban J connectivity index is 1.50. The summed E-state index contributed by atoms with van der Waals surface area (Å²) in [6, 6.07) is 19.2. The van der Waals surface area contributed by atoms with Crippen molar-refractivity contribution in [2.75, 3.05) is 12.0 Å². The Hall–Kier alpha value is -4.14. The molecule has 0 aliphatic carbocycles. The Bertz CT molecular complexity index is 1780. The van der Waals surface area contributed by atoms with Gasteiger partial charge in [-0.05, 0) is 55.3 Å². The van der Waals surface area contributed by atoms with E-state index < -0.39 is 11.9 Å². The van der Waals surface area contributed by atoms with Crippen LogP contribution in [0.25, 0.3) is 11.0 Å². The van der Waals surface area contributed by atoms with Crippen LogP contribution in [0.2, 0.25) is 5.02 Å². The summed E-state index contributed by atoms with van der Waals surface area (Å²) in [6.07, 6.45) is 0. The van der Waals surface area contributed by atoms with E-state index in [-0.39, 0.29) is 16.8 Å². The fourth-order valence-electron chi connectivity index (χ4n) is 4.73. The number of carbonyl (C=O) groups is 1. The summed E-state index contributed by atoms with van der Waals surface area (Å²) in [5.74, 6) is 0.582. The van der Waals surface area contributed by atoms with Crippen LogP contribution in [-0.4, -0.2) is 18.0 Å². The van der Waals surface area contributed by atoms with Gasteiger partial charge in [0.05, 0.1) is 29.8 Å². The number of hydrogen-bond donors (Lipinski definition) is 0. The number of anilines is 1. The molecule has 1 amide bonds. The van der Waals surface area contributed by atoms with Gasteiger partial charge in [-0.1, -0.05) is 48.0 Å². The quantitative estimate of drug-likeness (QED) is 0.226. The number of methoxy groups -OCH3 is 1. The van der Waals surface area contributed by atoms with Gasteiger partial charge in [0.1, 0.15) is 12.2 Å². The van der Waals surface area contributed by atoms with Gasteiger partial charge in [0.15, 0.2) is 22.1 Å². The first-order valence-electron chi connectivity index (χ1n) is 12.2. The predicted octanol–water partition coefficient (Wildman–Crippen LogP) is 6.86. The number of nitrogens with zero attached hydrogens (tertiary/aromatic N) is 2. The van der Waals surface area contributed by atoms with Crippen LogP contribution in [0.3, 0.4) is 0 Å². The van der Waals surface area contributed by atoms with Crippen molar-refractivity contribution in [2.24, 2.45) is 0 Å². The molecule has 2 aromatic heterocycles. The fourth-order valence-corrected chi connectivity index (χ4v) is 5.83. The number of hydrogen-bond acceptors (Lipinski definition) is 7. The highest BCUT2D eigenvalue weighted by Gasteiger charge is 2.45. The molecule has 1 aliphatic rings. The largest absolute Gasteiger partial charge is 0.493 e. The molecule has 6 rings (SSSR count). The van der Waals surface area contributed by atoms with Crippen molar-refractivity contribution < 1.29 is 18.7 Å². The van der Waals surface area contributed by atoms with Crippen LogP contribution in [0.1, 0.15) is 43.9 Å². The monoisotopic (exact) mass is 558 g/mol. The van der Waals surface area contributed by atoms with Gasteiger partial charge in [-0.15, -0.1) is 11.3 Å². The van der Waals surface area contributed by atoms with E-state index in [1.165, 1.54) is 16.2 Å². The van der Waals surface area contributed by atoms with Gasteiger partial charge in [0.2, 0.25) is 5.76 Å². The Labute approximate surface area is 233 Å². The number of benzene rings is 3. The van der Waals surface area contributed by atoms with Crippen LogP contribution in [0, 0.1) is 13.8 Å². The van der Waals surface area contributed by atoms with Gasteiger partial charge < -0.3 is 13.9 Å². The first kappa shape index (κ1) is 25.2. The van der Waals surface area contributed by atoms with E-state index >= 15 is 0 Å². The zero-order chi connectivity index (χ0) is 27.3. The van der Waals surface area contributed by atoms with Crippen molar-refractivity contribution in [1.29, 1.82) is 0 Å². The third-order valence-electron chi connectivity index (χ3n) is 6.80. The maximum Gasteiger partial charge on any atom is 0.297 e. The van der Waals surface area contributed by atoms with E-state index in [0.717, 1.165) is 16.1 Å². The number of aryl methyl sites for hydroxylation is 2. The lowest BCUT2D eigenvalue weighted by Crippen LogP contribution is -2.29. The minimum absolute atomic E-state index is 0.00583. The molecule has 1 unspecified atom stereocenters. The minimum atomic E-state index is -0.783. The lowest BCUT2D eigenvalue weighted by Gasteiger charge is -2.23. The Morgan fingerprint density at radius 3 is 2.54 bits per heavy atom. The molecule has 39 heavy (non-hydrogen) atoms. The van der Waals surface area contributed by atoms with Crippen LogP contribution in [-0.2, 0) is 6.61 Å². The molecule has 0 fully saturated rings. The average molecular weight is 559 g/mol. The van der Waals surface area contributed by atoms with Crippen molar-refractivity contribution in [2.45, 2.75) is 26.5 Å². The highest BCUT2D eigenvalue weighted by molar-refractivity contribution is 7.15. The molecule has 3 aromatic carbocycles. The maximum absolute atomic E-state index is 13.9. The number of halogens is 1. The van der Waals surface area contributed by atoms with Crippen LogP contribution >= 0.6 is 22.9 Å². The van der Waals surface area contributed by atoms with Gasteiger partial charge >= 0.3 is 0 Å². The number of amides is 1. The topological polar surface area (TPSA) is 81.9 Å². The molecule has 196 valence electrons. The van der Waals surface area contributed by atoms with E-state index in [1.54, 1.807) is 37.4 Å². The van der Waals surface area contributed by atoms with Crippen molar-refractivity contribution in [3.63, 3.8) is 0 Å². The smallest absolute Gasteiger partial charge is 0.297 e. The van der Waals surface area contributed by atoms with E-state index in [0.29, 0.717) is 44.8 Å². The molecule has 0 N–H and O–H groups in total. The second-order valence-corrected chi connectivity index (χ2v) is 10.8. The van der Waals surface area contributed by atoms with E-state index in [2.05, 4.69) is 4.98 Å². The number of thiazole rings is 1. The number of aromatic nitrogens is 1. The first-order chi connectivity index (χ1) is 18.9. The van der Waals surface area contributed by atoms with E-state index in [1.807, 2.05) is 50.2 Å². The van der Waals surface area contributed by atoms with Crippen molar-refractivity contribution in [3.05, 3.63) is 115 Å². The maximum atomic E-state index is 13.9. The predicted molar refractivity (Wildman–Crippen MR) is 152 cm³/mol. The molecule has 5 aromatic rings. The van der Waals surface area contributed by atoms with E-state index in [4.69, 9.17) is 25.5 Å². The Morgan fingerprint density at radius 2 is 1.82 bits per heavy atom. The zero-order valence-corrected chi connectivity index (χ0v) is 22.9. The molecule has 0 saturated heterocycles. The molecule has 0 saturated carbocycles. The number of fused-ring (bicyclic) bond motifs is 2. The van der Waals surface area contributed by atoms with Crippen molar-refractivity contribution in [1.82, 2.24) is 4.98 Å². The third kappa shape index (κ3) is 4.35. The first-order valence-corrected chi connectivity index (χ1v) is 13.4. The minimum Gasteiger partial charge on any atom is -0.493 e. The molecule has 0 bridgehead atoms.